The van der Waals surface area contributed by atoms with Crippen LogP contribution >= 0.6 is 0 Å². The van der Waals surface area contributed by atoms with Crippen molar-refractivity contribution in [2.45, 2.75) is 44.9 Å². The van der Waals surface area contributed by atoms with Crippen LogP contribution in [0.3, 0.4) is 0 Å². The van der Waals surface area contributed by atoms with Crippen LogP contribution in [0.5, 0.6) is 0 Å². The molecule has 3 aromatic heterocycles. The van der Waals surface area contributed by atoms with Crippen molar-refractivity contribution in [3.8, 4) is 11.5 Å². The number of aliphatic hydroxyl groups excluding tert-OH is 1. The molecule has 7 rings (SSSR count). The fourth-order valence-electron chi connectivity index (χ4n) is 6.18. The van der Waals surface area contributed by atoms with Crippen molar-refractivity contribution in [2.75, 3.05) is 13.1 Å². The van der Waals surface area contributed by atoms with Gasteiger partial charge in [0, 0.05) is 49.7 Å². The molecule has 5 aromatic rings. The fraction of sp³-hybridized carbons (Fsp3) is 0.353. The number of esters is 1. The summed E-state index contributed by atoms with van der Waals surface area (Å²) in [5.74, 6) is 0.629. The summed E-state index contributed by atoms with van der Waals surface area (Å²) in [5.41, 5.74) is 5.14. The third-order valence-corrected chi connectivity index (χ3v) is 8.80. The van der Waals surface area contributed by atoms with Crippen molar-refractivity contribution in [1.82, 2.24) is 24.0 Å². The summed E-state index contributed by atoms with van der Waals surface area (Å²) in [7, 11) is 2.01. The summed E-state index contributed by atoms with van der Waals surface area (Å²) in [4.78, 5) is 37.6. The lowest BCUT2D eigenvalue weighted by atomic mass is 9.91. The molecule has 1 aliphatic carbocycles. The largest absolute Gasteiger partial charge is 0.461 e. The maximum atomic E-state index is 13.6. The Balaban J connectivity index is 1.09. The first-order valence-electron chi connectivity index (χ1n) is 15.0. The number of piperidine rings is 1. The Hall–Kier alpha value is -4.50. The number of amides is 1. The van der Waals surface area contributed by atoms with E-state index in [4.69, 9.17) is 9.72 Å². The number of rotatable bonds is 8. The predicted molar refractivity (Wildman–Crippen MR) is 163 cm³/mol. The summed E-state index contributed by atoms with van der Waals surface area (Å²) in [6.45, 7) is 1.83. The van der Waals surface area contributed by atoms with Gasteiger partial charge < -0.3 is 23.9 Å². The molecule has 43 heavy (non-hydrogen) atoms. The number of likely N-dealkylation sites (tertiary alicyclic amines) is 1. The number of nitrogens with zero attached hydrogens (tertiary/aromatic N) is 5. The lowest BCUT2D eigenvalue weighted by Gasteiger charge is -2.35. The SMILES string of the molecule is Cn1c(-c2cc3cccnc3n2CC2CC2)nc2cc(C(=O)N3CC[C@H](O)[C@@H](CC(=O)OCc4ccccc4)C3)ccc21. The zero-order chi connectivity index (χ0) is 29.5. The molecule has 0 radical (unpaired) electrons. The number of pyridine rings is 1. The Bertz CT molecular complexity index is 1810. The monoisotopic (exact) mass is 577 g/mol. The average molecular weight is 578 g/mol. The number of ether oxygens (including phenoxy) is 1. The maximum absolute atomic E-state index is 13.6. The molecule has 0 unspecified atom stereocenters. The highest BCUT2D eigenvalue weighted by atomic mass is 16.5. The van der Waals surface area contributed by atoms with E-state index >= 15 is 0 Å². The van der Waals surface area contributed by atoms with E-state index in [9.17, 15) is 14.7 Å². The normalized spacial score (nSPS) is 18.8. The van der Waals surface area contributed by atoms with Crippen LogP contribution in [-0.4, -0.2) is 60.2 Å². The number of fused-ring (bicyclic) bond motifs is 2. The molecule has 1 saturated carbocycles. The molecule has 1 saturated heterocycles. The predicted octanol–water partition coefficient (Wildman–Crippen LogP) is 4.96. The highest BCUT2D eigenvalue weighted by Crippen LogP contribution is 2.36. The number of aromatic nitrogens is 4. The first-order valence-corrected chi connectivity index (χ1v) is 15.0. The van der Waals surface area contributed by atoms with Crippen LogP contribution in [-0.2, 0) is 29.7 Å². The van der Waals surface area contributed by atoms with Crippen LogP contribution in [0, 0.1) is 11.8 Å². The minimum Gasteiger partial charge on any atom is -0.461 e. The van der Waals surface area contributed by atoms with Gasteiger partial charge in [-0.3, -0.25) is 9.59 Å². The Morgan fingerprint density at radius 2 is 1.86 bits per heavy atom. The molecule has 1 aliphatic heterocycles. The van der Waals surface area contributed by atoms with Crippen molar-refractivity contribution in [1.29, 1.82) is 0 Å². The van der Waals surface area contributed by atoms with Gasteiger partial charge >= 0.3 is 5.97 Å². The number of benzene rings is 2. The Morgan fingerprint density at radius 3 is 2.67 bits per heavy atom. The Kier molecular flexibility index (Phi) is 7.18. The minimum absolute atomic E-state index is 0.0597. The summed E-state index contributed by atoms with van der Waals surface area (Å²) >= 11 is 0. The van der Waals surface area contributed by atoms with E-state index in [1.807, 2.05) is 67.8 Å². The van der Waals surface area contributed by atoms with Crippen LogP contribution < -0.4 is 0 Å². The zero-order valence-corrected chi connectivity index (χ0v) is 24.2. The minimum atomic E-state index is -0.661. The lowest BCUT2D eigenvalue weighted by Crippen LogP contribution is -2.46. The molecule has 1 amide bonds. The van der Waals surface area contributed by atoms with E-state index in [1.165, 1.54) is 12.8 Å². The van der Waals surface area contributed by atoms with Crippen molar-refractivity contribution >= 4 is 33.9 Å². The van der Waals surface area contributed by atoms with Gasteiger partial charge in [-0.1, -0.05) is 30.3 Å². The second-order valence-corrected chi connectivity index (χ2v) is 11.9. The molecule has 0 spiro atoms. The van der Waals surface area contributed by atoms with Gasteiger partial charge in [0.25, 0.3) is 5.91 Å². The summed E-state index contributed by atoms with van der Waals surface area (Å²) < 4.78 is 9.80. The Morgan fingerprint density at radius 1 is 1.02 bits per heavy atom. The number of hydrogen-bond donors (Lipinski definition) is 1. The third-order valence-electron chi connectivity index (χ3n) is 8.80. The summed E-state index contributed by atoms with van der Waals surface area (Å²) in [6, 6.07) is 21.3. The van der Waals surface area contributed by atoms with Gasteiger partial charge in [0.05, 0.1) is 29.3 Å². The van der Waals surface area contributed by atoms with Crippen LogP contribution in [0.15, 0.2) is 72.9 Å². The second kappa shape index (κ2) is 11.3. The van der Waals surface area contributed by atoms with Crippen LogP contribution in [0.4, 0.5) is 0 Å². The number of imidazole rings is 1. The molecule has 0 bridgehead atoms. The highest BCUT2D eigenvalue weighted by molar-refractivity contribution is 5.98. The molecule has 4 heterocycles. The fourth-order valence-corrected chi connectivity index (χ4v) is 6.18. The van der Waals surface area contributed by atoms with Gasteiger partial charge in [-0.15, -0.1) is 0 Å². The van der Waals surface area contributed by atoms with Crippen LogP contribution in [0.2, 0.25) is 0 Å². The Labute approximate surface area is 249 Å². The molecule has 2 atom stereocenters. The van der Waals surface area contributed by atoms with Crippen molar-refractivity contribution in [3.63, 3.8) is 0 Å². The van der Waals surface area contributed by atoms with E-state index in [-0.39, 0.29) is 30.8 Å². The van der Waals surface area contributed by atoms with Crippen LogP contribution in [0.25, 0.3) is 33.6 Å². The number of hydrogen-bond acceptors (Lipinski definition) is 6. The first kappa shape index (κ1) is 27.3. The molecule has 9 nitrogen and oxygen atoms in total. The number of aryl methyl sites for hydroxylation is 1. The van der Waals surface area contributed by atoms with E-state index in [0.29, 0.717) is 31.0 Å². The van der Waals surface area contributed by atoms with Crippen molar-refractivity contribution in [2.24, 2.45) is 18.9 Å². The van der Waals surface area contributed by atoms with E-state index in [1.54, 1.807) is 4.90 Å². The van der Waals surface area contributed by atoms with E-state index in [0.717, 1.165) is 45.7 Å². The van der Waals surface area contributed by atoms with Gasteiger partial charge in [-0.05, 0) is 67.1 Å². The van der Waals surface area contributed by atoms with Crippen LogP contribution in [0.1, 0.15) is 41.6 Å². The molecule has 1 N–H and O–H groups in total. The van der Waals surface area contributed by atoms with E-state index in [2.05, 4.69) is 26.3 Å². The molecular formula is C34H35N5O4. The summed E-state index contributed by atoms with van der Waals surface area (Å²) in [5, 5.41) is 11.7. The average Bonchev–Trinajstić information content (AvgIpc) is 3.70. The van der Waals surface area contributed by atoms with Crippen molar-refractivity contribution in [3.05, 3.63) is 84.1 Å². The zero-order valence-electron chi connectivity index (χ0n) is 24.2. The molecule has 2 fully saturated rings. The standard InChI is InChI=1S/C34H35N5O4/c1-37-28-12-11-25(16-27(28)36-33(37)29-17-24-8-5-14-35-32(24)39(29)19-22-9-10-22)34(42)38-15-13-30(40)26(20-38)18-31(41)43-21-23-6-3-2-4-7-23/h2-8,11-12,14,16-17,22,26,30,40H,9-10,13,15,18-21H2,1H3/t26-,30-/m0/s1. The molecule has 220 valence electrons. The lowest BCUT2D eigenvalue weighted by molar-refractivity contribution is -0.147. The summed E-state index contributed by atoms with van der Waals surface area (Å²) in [6.07, 6.45) is 4.13. The quantitative estimate of drug-likeness (QED) is 0.262. The van der Waals surface area contributed by atoms with Gasteiger partial charge in [-0.25, -0.2) is 9.97 Å². The van der Waals surface area contributed by atoms with Gasteiger partial charge in [0.1, 0.15) is 12.3 Å². The molecule has 9 heteroatoms. The van der Waals surface area contributed by atoms with E-state index < -0.39 is 6.10 Å². The molecule has 2 aliphatic rings. The van der Waals surface area contributed by atoms with Gasteiger partial charge in [0.15, 0.2) is 5.82 Å². The van der Waals surface area contributed by atoms with Gasteiger partial charge in [-0.2, -0.15) is 0 Å². The number of aliphatic hydroxyl groups is 1. The third kappa shape index (κ3) is 5.52. The molecule has 2 aromatic carbocycles. The maximum Gasteiger partial charge on any atom is 0.306 e. The van der Waals surface area contributed by atoms with Crippen molar-refractivity contribution < 1.29 is 19.4 Å². The number of carbonyl (C=O) groups is 2. The smallest absolute Gasteiger partial charge is 0.306 e. The number of carbonyl (C=O) groups excluding carboxylic acids is 2. The molecular weight excluding hydrogens is 542 g/mol. The highest BCUT2D eigenvalue weighted by Gasteiger charge is 2.33. The second-order valence-electron chi connectivity index (χ2n) is 11.9. The van der Waals surface area contributed by atoms with Gasteiger partial charge in [0.2, 0.25) is 0 Å². The topological polar surface area (TPSA) is 102 Å². The first-order chi connectivity index (χ1) is 20.9.